The normalized spacial score (nSPS) is 12.2. The summed E-state index contributed by atoms with van der Waals surface area (Å²) in [5, 5.41) is 9.34. The molecular formula is C25H20S. The Hall–Kier alpha value is -2.64. The molecule has 1 aromatic heterocycles. The summed E-state index contributed by atoms with van der Waals surface area (Å²) in [7, 11) is 0. The van der Waals surface area contributed by atoms with Crippen molar-refractivity contribution in [2.75, 3.05) is 0 Å². The summed E-state index contributed by atoms with van der Waals surface area (Å²) < 4.78 is 1.40. The lowest BCUT2D eigenvalue weighted by Crippen LogP contribution is -1.80. The first kappa shape index (κ1) is 15.6. The lowest BCUT2D eigenvalue weighted by molar-refractivity contribution is 0.962. The molecule has 0 unspecified atom stereocenters. The highest BCUT2D eigenvalue weighted by atomic mass is 32.1. The first-order valence-electron chi connectivity index (χ1n) is 9.28. The van der Waals surface area contributed by atoms with E-state index in [0.717, 1.165) is 6.42 Å². The Balaban J connectivity index is 1.78. The number of thiophene rings is 1. The molecule has 0 atom stereocenters. The number of hydrogen-bond acceptors (Lipinski definition) is 1. The quantitative estimate of drug-likeness (QED) is 0.227. The summed E-state index contributed by atoms with van der Waals surface area (Å²) in [6.45, 7) is 2.22. The zero-order valence-corrected chi connectivity index (χ0v) is 15.6. The SMILES string of the molecule is CCC/C=C/c1cc2ccc3c4cc5ccccc5cc4ccc3c2s1. The van der Waals surface area contributed by atoms with Gasteiger partial charge < -0.3 is 0 Å². The van der Waals surface area contributed by atoms with Crippen molar-refractivity contribution in [2.24, 2.45) is 0 Å². The molecule has 0 fully saturated rings. The van der Waals surface area contributed by atoms with Gasteiger partial charge >= 0.3 is 0 Å². The second kappa shape index (κ2) is 6.26. The van der Waals surface area contributed by atoms with Gasteiger partial charge in [-0.2, -0.15) is 0 Å². The molecule has 1 heterocycles. The van der Waals surface area contributed by atoms with Gasteiger partial charge in [-0.25, -0.2) is 0 Å². The van der Waals surface area contributed by atoms with E-state index in [9.17, 15) is 0 Å². The molecule has 0 aliphatic carbocycles. The third-order valence-corrected chi connectivity index (χ3v) is 6.27. The van der Waals surface area contributed by atoms with E-state index in [1.165, 1.54) is 53.7 Å². The Morgan fingerprint density at radius 2 is 1.50 bits per heavy atom. The molecule has 4 aromatic carbocycles. The molecule has 0 amide bonds. The first-order valence-corrected chi connectivity index (χ1v) is 10.1. The Morgan fingerprint density at radius 3 is 2.35 bits per heavy atom. The van der Waals surface area contributed by atoms with Crippen molar-refractivity contribution in [2.45, 2.75) is 19.8 Å². The lowest BCUT2D eigenvalue weighted by Gasteiger charge is -2.07. The van der Waals surface area contributed by atoms with Crippen molar-refractivity contribution in [1.82, 2.24) is 0 Å². The van der Waals surface area contributed by atoms with E-state index in [1.54, 1.807) is 0 Å². The van der Waals surface area contributed by atoms with E-state index in [1.807, 2.05) is 11.3 Å². The van der Waals surface area contributed by atoms with Gasteiger partial charge in [0.25, 0.3) is 0 Å². The highest BCUT2D eigenvalue weighted by Gasteiger charge is 2.08. The van der Waals surface area contributed by atoms with Crippen molar-refractivity contribution < 1.29 is 0 Å². The molecule has 126 valence electrons. The van der Waals surface area contributed by atoms with Crippen LogP contribution in [0.1, 0.15) is 24.6 Å². The molecule has 5 aromatic rings. The number of benzene rings is 4. The third kappa shape index (κ3) is 2.51. The van der Waals surface area contributed by atoms with Crippen molar-refractivity contribution in [1.29, 1.82) is 0 Å². The van der Waals surface area contributed by atoms with Crippen LogP contribution in [0.5, 0.6) is 0 Å². The van der Waals surface area contributed by atoms with Gasteiger partial charge in [0.1, 0.15) is 0 Å². The summed E-state index contributed by atoms with van der Waals surface area (Å²) in [6.07, 6.45) is 6.90. The summed E-state index contributed by atoms with van der Waals surface area (Å²) in [4.78, 5) is 1.35. The molecule has 0 N–H and O–H groups in total. The van der Waals surface area contributed by atoms with Crippen LogP contribution >= 0.6 is 11.3 Å². The van der Waals surface area contributed by atoms with Crippen LogP contribution in [0.15, 0.2) is 72.8 Å². The zero-order valence-electron chi connectivity index (χ0n) is 14.8. The third-order valence-electron chi connectivity index (χ3n) is 5.12. The van der Waals surface area contributed by atoms with Gasteiger partial charge in [0, 0.05) is 15.0 Å². The molecule has 0 saturated heterocycles. The van der Waals surface area contributed by atoms with Gasteiger partial charge in [-0.3, -0.25) is 0 Å². The molecule has 1 heteroatoms. The van der Waals surface area contributed by atoms with Crippen LogP contribution in [0.2, 0.25) is 0 Å². The predicted molar refractivity (Wildman–Crippen MR) is 118 cm³/mol. The minimum absolute atomic E-state index is 1.15. The number of allylic oxidation sites excluding steroid dienone is 1. The van der Waals surface area contributed by atoms with Crippen LogP contribution in [0.4, 0.5) is 0 Å². The summed E-state index contributed by atoms with van der Waals surface area (Å²) in [5.74, 6) is 0. The topological polar surface area (TPSA) is 0 Å². The van der Waals surface area contributed by atoms with Gasteiger partial charge in [0.05, 0.1) is 0 Å². The van der Waals surface area contributed by atoms with E-state index in [-0.39, 0.29) is 0 Å². The molecular weight excluding hydrogens is 332 g/mol. The maximum absolute atomic E-state index is 2.34. The van der Waals surface area contributed by atoms with Crippen molar-refractivity contribution in [3.63, 3.8) is 0 Å². The molecule has 0 radical (unpaired) electrons. The minimum Gasteiger partial charge on any atom is -0.135 e. The summed E-state index contributed by atoms with van der Waals surface area (Å²) >= 11 is 1.90. The molecule has 0 bridgehead atoms. The minimum atomic E-state index is 1.15. The van der Waals surface area contributed by atoms with Gasteiger partial charge in [-0.1, -0.05) is 68.0 Å². The van der Waals surface area contributed by atoms with Crippen LogP contribution in [-0.2, 0) is 0 Å². The molecule has 0 nitrogen and oxygen atoms in total. The Morgan fingerprint density at radius 1 is 0.731 bits per heavy atom. The lowest BCUT2D eigenvalue weighted by atomic mass is 9.97. The fourth-order valence-corrected chi connectivity index (χ4v) is 4.91. The van der Waals surface area contributed by atoms with Crippen LogP contribution in [0.25, 0.3) is 48.5 Å². The largest absolute Gasteiger partial charge is 0.135 e. The van der Waals surface area contributed by atoms with Crippen LogP contribution in [-0.4, -0.2) is 0 Å². The molecule has 0 saturated carbocycles. The average Bonchev–Trinajstić information content (AvgIpc) is 3.09. The highest BCUT2D eigenvalue weighted by molar-refractivity contribution is 7.20. The van der Waals surface area contributed by atoms with E-state index >= 15 is 0 Å². The molecule has 0 aliphatic heterocycles. The van der Waals surface area contributed by atoms with Crippen LogP contribution in [0, 0.1) is 0 Å². The fourth-order valence-electron chi connectivity index (χ4n) is 3.80. The second-order valence-corrected chi connectivity index (χ2v) is 7.99. The number of unbranched alkanes of at least 4 members (excludes halogenated alkanes) is 1. The van der Waals surface area contributed by atoms with E-state index in [2.05, 4.69) is 85.8 Å². The van der Waals surface area contributed by atoms with Gasteiger partial charge in [0.15, 0.2) is 0 Å². The summed E-state index contributed by atoms with van der Waals surface area (Å²) in [6, 6.07) is 24.7. The number of rotatable bonds is 3. The monoisotopic (exact) mass is 352 g/mol. The maximum atomic E-state index is 2.34. The van der Waals surface area contributed by atoms with Gasteiger partial charge in [0.2, 0.25) is 0 Å². The van der Waals surface area contributed by atoms with Crippen LogP contribution < -0.4 is 0 Å². The smallest absolute Gasteiger partial charge is 0.0427 e. The van der Waals surface area contributed by atoms with E-state index < -0.39 is 0 Å². The van der Waals surface area contributed by atoms with Crippen molar-refractivity contribution >= 4 is 59.8 Å². The maximum Gasteiger partial charge on any atom is 0.0427 e. The fraction of sp³-hybridized carbons (Fsp3) is 0.120. The molecule has 0 aliphatic rings. The Bertz CT molecular complexity index is 1290. The first-order chi connectivity index (χ1) is 12.8. The zero-order chi connectivity index (χ0) is 17.5. The number of fused-ring (bicyclic) bond motifs is 6. The van der Waals surface area contributed by atoms with Gasteiger partial charge in [-0.05, 0) is 63.0 Å². The van der Waals surface area contributed by atoms with E-state index in [4.69, 9.17) is 0 Å². The molecule has 26 heavy (non-hydrogen) atoms. The van der Waals surface area contributed by atoms with Crippen molar-refractivity contribution in [3.05, 3.63) is 77.7 Å². The summed E-state index contributed by atoms with van der Waals surface area (Å²) in [5.41, 5.74) is 0. The highest BCUT2D eigenvalue weighted by Crippen LogP contribution is 2.37. The number of hydrogen-bond donors (Lipinski definition) is 0. The standard InChI is InChI=1S/C25H20S/c1-2-3-4-9-21-15-20-11-12-22-23(25(20)26-21)13-10-19-14-17-7-5-6-8-18(17)16-24(19)22/h4-16H,2-3H2,1H3/b9-4+. The Kier molecular flexibility index (Phi) is 3.76. The van der Waals surface area contributed by atoms with Crippen LogP contribution in [0.3, 0.4) is 0 Å². The predicted octanol–water partition coefficient (Wildman–Crippen LogP) is 8.17. The van der Waals surface area contributed by atoms with Crippen molar-refractivity contribution in [3.8, 4) is 0 Å². The second-order valence-electron chi connectivity index (χ2n) is 6.90. The van der Waals surface area contributed by atoms with Gasteiger partial charge in [-0.15, -0.1) is 11.3 Å². The Labute approximate surface area is 157 Å². The molecule has 0 spiro atoms. The van der Waals surface area contributed by atoms with E-state index in [0.29, 0.717) is 0 Å². The average molecular weight is 353 g/mol. The molecule has 5 rings (SSSR count).